The number of carbonyl (C=O) groups excluding carboxylic acids is 1. The van der Waals surface area contributed by atoms with Crippen molar-refractivity contribution in [2.24, 2.45) is 0 Å². The number of fused-ring (bicyclic) bond motifs is 1. The van der Waals surface area contributed by atoms with Gasteiger partial charge in [0, 0.05) is 12.3 Å². The molecule has 0 amide bonds. The van der Waals surface area contributed by atoms with Gasteiger partial charge in [-0.05, 0) is 20.8 Å². The number of ether oxygens (including phenoxy) is 1. The Hall–Kier alpha value is -2.11. The van der Waals surface area contributed by atoms with Gasteiger partial charge in [0.05, 0.1) is 6.20 Å². The number of carbonyl (C=O) groups is 1. The second-order valence-electron chi connectivity index (χ2n) is 4.66. The van der Waals surface area contributed by atoms with Gasteiger partial charge >= 0.3 is 5.97 Å². The summed E-state index contributed by atoms with van der Waals surface area (Å²) < 4.78 is 6.63. The van der Waals surface area contributed by atoms with Crippen LogP contribution in [-0.4, -0.2) is 26.2 Å². The lowest BCUT2D eigenvalue weighted by molar-refractivity contribution is 0.00698. The van der Waals surface area contributed by atoms with Crippen LogP contribution in [0.25, 0.3) is 5.65 Å². The Morgan fingerprint density at radius 3 is 2.82 bits per heavy atom. The molecule has 2 heterocycles. The molecule has 6 heteroatoms. The molecule has 0 saturated carbocycles. The molecule has 2 aromatic heterocycles. The fourth-order valence-electron chi connectivity index (χ4n) is 1.38. The van der Waals surface area contributed by atoms with E-state index in [1.54, 1.807) is 33.0 Å². The van der Waals surface area contributed by atoms with Crippen LogP contribution in [0.3, 0.4) is 0 Å². The predicted molar refractivity (Wildman–Crippen MR) is 62.6 cm³/mol. The molecule has 0 aliphatic heterocycles. The van der Waals surface area contributed by atoms with E-state index < -0.39 is 11.6 Å². The van der Waals surface area contributed by atoms with Crippen molar-refractivity contribution in [2.75, 3.05) is 5.73 Å². The van der Waals surface area contributed by atoms with E-state index >= 15 is 0 Å². The zero-order valence-electron chi connectivity index (χ0n) is 9.97. The molecule has 0 bridgehead atoms. The Morgan fingerprint density at radius 1 is 1.47 bits per heavy atom. The number of nitrogens with zero attached hydrogens (tertiary/aromatic N) is 3. The minimum Gasteiger partial charge on any atom is -0.456 e. The smallest absolute Gasteiger partial charge is 0.344 e. The molecular weight excluding hydrogens is 220 g/mol. The van der Waals surface area contributed by atoms with Gasteiger partial charge in [0.2, 0.25) is 0 Å². The van der Waals surface area contributed by atoms with Crippen molar-refractivity contribution in [1.29, 1.82) is 0 Å². The molecule has 0 unspecified atom stereocenters. The Kier molecular flexibility index (Phi) is 2.49. The van der Waals surface area contributed by atoms with Crippen LogP contribution in [0.4, 0.5) is 5.82 Å². The molecule has 0 saturated heterocycles. The molecule has 0 spiro atoms. The van der Waals surface area contributed by atoms with E-state index in [9.17, 15) is 4.79 Å². The van der Waals surface area contributed by atoms with E-state index in [0.29, 0.717) is 5.65 Å². The van der Waals surface area contributed by atoms with E-state index in [1.807, 2.05) is 0 Å². The van der Waals surface area contributed by atoms with Gasteiger partial charge in [-0.3, -0.25) is 0 Å². The first-order valence-electron chi connectivity index (χ1n) is 5.20. The minimum absolute atomic E-state index is 0.219. The third-order valence-electron chi connectivity index (χ3n) is 2.07. The van der Waals surface area contributed by atoms with Crippen LogP contribution in [0, 0.1) is 0 Å². The second kappa shape index (κ2) is 3.73. The van der Waals surface area contributed by atoms with Crippen LogP contribution in [0.15, 0.2) is 18.5 Å². The minimum atomic E-state index is -0.567. The van der Waals surface area contributed by atoms with Crippen molar-refractivity contribution in [1.82, 2.24) is 14.6 Å². The van der Waals surface area contributed by atoms with Gasteiger partial charge in [0.25, 0.3) is 0 Å². The maximum absolute atomic E-state index is 11.9. The number of aromatic nitrogens is 3. The van der Waals surface area contributed by atoms with E-state index in [2.05, 4.69) is 10.1 Å². The van der Waals surface area contributed by atoms with Gasteiger partial charge in [0.1, 0.15) is 17.0 Å². The maximum atomic E-state index is 11.9. The molecule has 0 atom stereocenters. The van der Waals surface area contributed by atoms with E-state index in [-0.39, 0.29) is 11.4 Å². The molecule has 0 radical (unpaired) electrons. The summed E-state index contributed by atoms with van der Waals surface area (Å²) in [4.78, 5) is 15.9. The third-order valence-corrected chi connectivity index (χ3v) is 2.07. The predicted octanol–water partition coefficient (Wildman–Crippen LogP) is 1.27. The highest BCUT2D eigenvalue weighted by Crippen LogP contribution is 2.17. The van der Waals surface area contributed by atoms with Crippen molar-refractivity contribution in [3.8, 4) is 0 Å². The van der Waals surface area contributed by atoms with Crippen LogP contribution in [0.5, 0.6) is 0 Å². The van der Waals surface area contributed by atoms with Crippen LogP contribution in [-0.2, 0) is 4.74 Å². The SMILES string of the molecule is CC(C)(C)OC(=O)c1cnc2ccnn2c1N. The maximum Gasteiger partial charge on any atom is 0.344 e. The summed E-state index contributed by atoms with van der Waals surface area (Å²) in [6.45, 7) is 5.38. The van der Waals surface area contributed by atoms with Gasteiger partial charge < -0.3 is 10.5 Å². The first-order valence-corrected chi connectivity index (χ1v) is 5.20. The zero-order chi connectivity index (χ0) is 12.6. The van der Waals surface area contributed by atoms with Crippen molar-refractivity contribution in [3.63, 3.8) is 0 Å². The number of nitrogens with two attached hydrogens (primary N) is 1. The van der Waals surface area contributed by atoms with Crippen LogP contribution in [0.2, 0.25) is 0 Å². The largest absolute Gasteiger partial charge is 0.456 e. The summed E-state index contributed by atoms with van der Waals surface area (Å²) >= 11 is 0. The molecule has 0 aliphatic carbocycles. The third kappa shape index (κ3) is 2.20. The number of nitrogen functional groups attached to an aromatic ring is 1. The lowest BCUT2D eigenvalue weighted by Gasteiger charge is -2.19. The van der Waals surface area contributed by atoms with Gasteiger partial charge in [-0.15, -0.1) is 0 Å². The van der Waals surface area contributed by atoms with Gasteiger partial charge in [-0.2, -0.15) is 9.61 Å². The number of hydrogen-bond acceptors (Lipinski definition) is 5. The van der Waals surface area contributed by atoms with E-state index in [4.69, 9.17) is 10.5 Å². The Bertz CT molecular complexity index is 568. The van der Waals surface area contributed by atoms with Gasteiger partial charge in [-0.25, -0.2) is 9.78 Å². The summed E-state index contributed by atoms with van der Waals surface area (Å²) in [5.41, 5.74) is 6.09. The first-order chi connectivity index (χ1) is 7.88. The molecule has 6 nitrogen and oxygen atoms in total. The lowest BCUT2D eigenvalue weighted by atomic mass is 10.2. The molecule has 17 heavy (non-hydrogen) atoms. The summed E-state index contributed by atoms with van der Waals surface area (Å²) in [6, 6.07) is 1.70. The molecule has 0 aromatic carbocycles. The molecule has 2 N–H and O–H groups in total. The highest BCUT2D eigenvalue weighted by Gasteiger charge is 2.21. The quantitative estimate of drug-likeness (QED) is 0.751. The summed E-state index contributed by atoms with van der Waals surface area (Å²) in [6.07, 6.45) is 2.97. The number of rotatable bonds is 1. The van der Waals surface area contributed by atoms with E-state index in [0.717, 1.165) is 0 Å². The molecule has 2 rings (SSSR count). The lowest BCUT2D eigenvalue weighted by Crippen LogP contribution is -2.25. The van der Waals surface area contributed by atoms with Crippen molar-refractivity contribution < 1.29 is 9.53 Å². The van der Waals surface area contributed by atoms with Crippen LogP contribution < -0.4 is 5.73 Å². The second-order valence-corrected chi connectivity index (χ2v) is 4.66. The summed E-state index contributed by atoms with van der Waals surface area (Å²) in [7, 11) is 0. The molecular formula is C11H14N4O2. The van der Waals surface area contributed by atoms with Crippen LogP contribution >= 0.6 is 0 Å². The van der Waals surface area contributed by atoms with Crippen molar-refractivity contribution in [2.45, 2.75) is 26.4 Å². The van der Waals surface area contributed by atoms with Crippen molar-refractivity contribution in [3.05, 3.63) is 24.0 Å². The monoisotopic (exact) mass is 234 g/mol. The van der Waals surface area contributed by atoms with Gasteiger partial charge in [0.15, 0.2) is 5.65 Å². The number of esters is 1. The fraction of sp³-hybridized carbons (Fsp3) is 0.364. The number of hydrogen-bond donors (Lipinski definition) is 1. The first kappa shape index (κ1) is 11.4. The average molecular weight is 234 g/mol. The van der Waals surface area contributed by atoms with Crippen LogP contribution in [0.1, 0.15) is 31.1 Å². The molecule has 0 aliphatic rings. The highest BCUT2D eigenvalue weighted by atomic mass is 16.6. The normalized spacial score (nSPS) is 11.7. The van der Waals surface area contributed by atoms with E-state index in [1.165, 1.54) is 10.7 Å². The number of anilines is 1. The Balaban J connectivity index is 2.42. The molecule has 90 valence electrons. The van der Waals surface area contributed by atoms with Gasteiger partial charge in [-0.1, -0.05) is 0 Å². The Morgan fingerprint density at radius 2 is 2.18 bits per heavy atom. The fourth-order valence-corrected chi connectivity index (χ4v) is 1.38. The van der Waals surface area contributed by atoms with Crippen molar-refractivity contribution >= 4 is 17.4 Å². The highest BCUT2D eigenvalue weighted by molar-refractivity contribution is 5.94. The molecule has 0 fully saturated rings. The summed E-state index contributed by atoms with van der Waals surface area (Å²) in [5.74, 6) is -0.269. The zero-order valence-corrected chi connectivity index (χ0v) is 9.97. The topological polar surface area (TPSA) is 82.5 Å². The molecule has 2 aromatic rings. The Labute approximate surface area is 98.4 Å². The summed E-state index contributed by atoms with van der Waals surface area (Å²) in [5, 5.41) is 3.98. The average Bonchev–Trinajstić information content (AvgIpc) is 2.63. The standard InChI is InChI=1S/C11H14N4O2/c1-11(2,3)17-10(16)7-6-13-8-4-5-14-15(8)9(7)12/h4-6H,12H2,1-3H3.